The number of benzene rings is 3. The summed E-state index contributed by atoms with van der Waals surface area (Å²) in [7, 11) is 0. The normalized spacial score (nSPS) is 11.1. The molecule has 4 rings (SSSR count). The van der Waals surface area contributed by atoms with Crippen LogP contribution in [-0.4, -0.2) is 9.55 Å². The average Bonchev–Trinajstić information content (AvgIpc) is 2.70. The van der Waals surface area contributed by atoms with Gasteiger partial charge in [-0.3, -0.25) is 4.79 Å². The molecule has 5 heteroatoms. The van der Waals surface area contributed by atoms with Crippen molar-refractivity contribution in [2.45, 2.75) is 19.8 Å². The van der Waals surface area contributed by atoms with Gasteiger partial charge in [0.05, 0.1) is 16.6 Å². The van der Waals surface area contributed by atoms with Gasteiger partial charge in [0.1, 0.15) is 0 Å². The lowest BCUT2D eigenvalue weighted by Crippen LogP contribution is -2.23. The molecule has 4 nitrogen and oxygen atoms in total. The SMILES string of the molecule is CC(C)c1ccc2nc(Nc3ccc(Cl)cc3)n(-c3ccccc3)c(=O)c2c1. The molecule has 0 saturated heterocycles. The Kier molecular flexibility index (Phi) is 4.88. The molecule has 0 radical (unpaired) electrons. The van der Waals surface area contributed by atoms with Crippen LogP contribution < -0.4 is 10.9 Å². The van der Waals surface area contributed by atoms with E-state index >= 15 is 0 Å². The molecule has 140 valence electrons. The van der Waals surface area contributed by atoms with Gasteiger partial charge in [-0.15, -0.1) is 0 Å². The molecule has 0 amide bonds. The molecular formula is C23H20ClN3O. The summed E-state index contributed by atoms with van der Waals surface area (Å²) in [6, 6.07) is 22.7. The van der Waals surface area contributed by atoms with Crippen molar-refractivity contribution in [1.82, 2.24) is 9.55 Å². The van der Waals surface area contributed by atoms with Crippen LogP contribution in [0.1, 0.15) is 25.3 Å². The third-order valence-electron chi connectivity index (χ3n) is 4.67. The first-order valence-corrected chi connectivity index (χ1v) is 9.55. The number of hydrogen-bond donors (Lipinski definition) is 1. The smallest absolute Gasteiger partial charge is 0.267 e. The van der Waals surface area contributed by atoms with Gasteiger partial charge in [-0.2, -0.15) is 0 Å². The zero-order chi connectivity index (χ0) is 19.7. The Morgan fingerprint density at radius 3 is 2.36 bits per heavy atom. The summed E-state index contributed by atoms with van der Waals surface area (Å²) in [6.07, 6.45) is 0. The van der Waals surface area contributed by atoms with Crippen LogP contribution in [0.3, 0.4) is 0 Å². The van der Waals surface area contributed by atoms with Crippen molar-refractivity contribution in [3.8, 4) is 5.69 Å². The lowest BCUT2D eigenvalue weighted by atomic mass is 10.0. The molecule has 3 aromatic carbocycles. The van der Waals surface area contributed by atoms with Crippen LogP contribution in [0.2, 0.25) is 5.02 Å². The van der Waals surface area contributed by atoms with E-state index in [0.717, 1.165) is 16.9 Å². The minimum atomic E-state index is -0.102. The second-order valence-corrected chi connectivity index (χ2v) is 7.41. The first-order valence-electron chi connectivity index (χ1n) is 9.17. The molecule has 0 aliphatic rings. The van der Waals surface area contributed by atoms with E-state index in [0.29, 0.717) is 27.8 Å². The van der Waals surface area contributed by atoms with Gasteiger partial charge in [-0.1, -0.05) is 49.7 Å². The topological polar surface area (TPSA) is 46.9 Å². The Labute approximate surface area is 168 Å². The van der Waals surface area contributed by atoms with E-state index in [4.69, 9.17) is 16.6 Å². The second kappa shape index (κ2) is 7.49. The maximum Gasteiger partial charge on any atom is 0.267 e. The van der Waals surface area contributed by atoms with Gasteiger partial charge in [0, 0.05) is 10.7 Å². The third kappa shape index (κ3) is 3.51. The molecule has 1 aromatic heterocycles. The molecule has 0 atom stereocenters. The number of halogens is 1. The molecule has 0 saturated carbocycles. The Hall–Kier alpha value is -3.11. The van der Waals surface area contributed by atoms with E-state index in [2.05, 4.69) is 19.2 Å². The highest BCUT2D eigenvalue weighted by atomic mass is 35.5. The number of hydrogen-bond acceptors (Lipinski definition) is 3. The average molecular weight is 390 g/mol. The lowest BCUT2D eigenvalue weighted by Gasteiger charge is -2.16. The number of anilines is 2. The largest absolute Gasteiger partial charge is 0.325 e. The van der Waals surface area contributed by atoms with E-state index in [1.165, 1.54) is 0 Å². The second-order valence-electron chi connectivity index (χ2n) is 6.97. The van der Waals surface area contributed by atoms with Crippen molar-refractivity contribution >= 4 is 34.1 Å². The summed E-state index contributed by atoms with van der Waals surface area (Å²) in [5.74, 6) is 0.796. The van der Waals surface area contributed by atoms with Gasteiger partial charge < -0.3 is 5.32 Å². The van der Waals surface area contributed by atoms with Crippen molar-refractivity contribution in [3.63, 3.8) is 0 Å². The van der Waals surface area contributed by atoms with Crippen LogP contribution in [0, 0.1) is 0 Å². The fourth-order valence-corrected chi connectivity index (χ4v) is 3.25. The van der Waals surface area contributed by atoms with Gasteiger partial charge in [-0.05, 0) is 60.0 Å². The monoisotopic (exact) mass is 389 g/mol. The standard InChI is InChI=1S/C23H20ClN3O/c1-15(2)16-8-13-21-20(14-16)22(28)27(19-6-4-3-5-7-19)23(26-21)25-18-11-9-17(24)10-12-18/h3-15H,1-2H3,(H,25,26). The number of nitrogens with zero attached hydrogens (tertiary/aromatic N) is 2. The maximum absolute atomic E-state index is 13.4. The van der Waals surface area contributed by atoms with E-state index in [-0.39, 0.29) is 5.56 Å². The molecular weight excluding hydrogens is 370 g/mol. The molecule has 0 bridgehead atoms. The van der Waals surface area contributed by atoms with Crippen molar-refractivity contribution in [3.05, 3.63) is 93.7 Å². The quantitative estimate of drug-likeness (QED) is 0.472. The summed E-state index contributed by atoms with van der Waals surface area (Å²) >= 11 is 5.99. The molecule has 4 aromatic rings. The number of aromatic nitrogens is 2. The number of para-hydroxylation sites is 1. The Morgan fingerprint density at radius 2 is 1.68 bits per heavy atom. The highest BCUT2D eigenvalue weighted by Crippen LogP contribution is 2.23. The Balaban J connectivity index is 1.95. The van der Waals surface area contributed by atoms with Crippen LogP contribution >= 0.6 is 11.6 Å². The summed E-state index contributed by atoms with van der Waals surface area (Å²) in [5, 5.41) is 4.52. The zero-order valence-corrected chi connectivity index (χ0v) is 16.4. The summed E-state index contributed by atoms with van der Waals surface area (Å²) in [4.78, 5) is 18.2. The molecule has 0 unspecified atom stereocenters. The molecule has 0 aliphatic carbocycles. The molecule has 0 aliphatic heterocycles. The van der Waals surface area contributed by atoms with Crippen molar-refractivity contribution in [2.75, 3.05) is 5.32 Å². The first kappa shape index (κ1) is 18.3. The molecule has 1 N–H and O–H groups in total. The minimum absolute atomic E-state index is 0.102. The molecule has 28 heavy (non-hydrogen) atoms. The lowest BCUT2D eigenvalue weighted by molar-refractivity contribution is 0.867. The number of rotatable bonds is 4. The summed E-state index contributed by atoms with van der Waals surface area (Å²) < 4.78 is 1.61. The van der Waals surface area contributed by atoms with Crippen molar-refractivity contribution in [1.29, 1.82) is 0 Å². The van der Waals surface area contributed by atoms with E-state index in [1.54, 1.807) is 16.7 Å². The van der Waals surface area contributed by atoms with Gasteiger partial charge in [0.15, 0.2) is 0 Å². The fourth-order valence-electron chi connectivity index (χ4n) is 3.13. The third-order valence-corrected chi connectivity index (χ3v) is 4.93. The van der Waals surface area contributed by atoms with Crippen molar-refractivity contribution < 1.29 is 0 Å². The molecule has 0 spiro atoms. The van der Waals surface area contributed by atoms with Gasteiger partial charge in [0.25, 0.3) is 5.56 Å². The maximum atomic E-state index is 13.4. The zero-order valence-electron chi connectivity index (χ0n) is 15.7. The fraction of sp³-hybridized carbons (Fsp3) is 0.130. The van der Waals surface area contributed by atoms with Crippen molar-refractivity contribution in [2.24, 2.45) is 0 Å². The van der Waals surface area contributed by atoms with Crippen LogP contribution in [0.15, 0.2) is 77.6 Å². The highest BCUT2D eigenvalue weighted by Gasteiger charge is 2.14. The summed E-state index contributed by atoms with van der Waals surface area (Å²) in [6.45, 7) is 4.22. The number of nitrogens with one attached hydrogen (secondary N) is 1. The van der Waals surface area contributed by atoms with Gasteiger partial charge in [0.2, 0.25) is 5.95 Å². The van der Waals surface area contributed by atoms with E-state index < -0.39 is 0 Å². The number of fused-ring (bicyclic) bond motifs is 1. The summed E-state index contributed by atoms with van der Waals surface area (Å²) in [5.41, 5.74) is 3.24. The van der Waals surface area contributed by atoms with E-state index in [9.17, 15) is 4.79 Å². The van der Waals surface area contributed by atoms with Crippen LogP contribution in [0.5, 0.6) is 0 Å². The van der Waals surface area contributed by atoms with Crippen LogP contribution in [0.4, 0.5) is 11.6 Å². The molecule has 1 heterocycles. The Morgan fingerprint density at radius 1 is 0.964 bits per heavy atom. The van der Waals surface area contributed by atoms with Gasteiger partial charge in [-0.25, -0.2) is 9.55 Å². The van der Waals surface area contributed by atoms with Gasteiger partial charge >= 0.3 is 0 Å². The molecule has 0 fully saturated rings. The predicted molar refractivity (Wildman–Crippen MR) is 116 cm³/mol. The predicted octanol–water partition coefficient (Wildman–Crippen LogP) is 5.91. The van der Waals surface area contributed by atoms with Crippen LogP contribution in [0.25, 0.3) is 16.6 Å². The van der Waals surface area contributed by atoms with E-state index in [1.807, 2.05) is 60.7 Å². The van der Waals surface area contributed by atoms with Crippen LogP contribution in [-0.2, 0) is 0 Å². The Bertz CT molecular complexity index is 1180. The minimum Gasteiger partial charge on any atom is -0.325 e. The highest BCUT2D eigenvalue weighted by molar-refractivity contribution is 6.30. The first-order chi connectivity index (χ1) is 13.5.